The second-order valence-electron chi connectivity index (χ2n) is 8.86. The molecule has 0 bridgehead atoms. The first-order valence-electron chi connectivity index (χ1n) is 10.8. The van der Waals surface area contributed by atoms with Gasteiger partial charge >= 0.3 is 6.03 Å². The molecule has 0 saturated carbocycles. The predicted octanol–water partition coefficient (Wildman–Crippen LogP) is 5.17. The van der Waals surface area contributed by atoms with Crippen LogP contribution in [0.5, 0.6) is 0 Å². The summed E-state index contributed by atoms with van der Waals surface area (Å²) in [7, 11) is 0. The lowest BCUT2D eigenvalue weighted by Crippen LogP contribution is -2.21. The van der Waals surface area contributed by atoms with Gasteiger partial charge < -0.3 is 5.73 Å². The van der Waals surface area contributed by atoms with Gasteiger partial charge in [0.05, 0.1) is 11.4 Å². The number of rotatable bonds is 6. The van der Waals surface area contributed by atoms with Crippen LogP contribution >= 0.6 is 11.3 Å². The van der Waals surface area contributed by atoms with Crippen LogP contribution in [0.1, 0.15) is 36.9 Å². The second-order valence-corrected chi connectivity index (χ2v) is 9.97. The number of nitrogens with zero attached hydrogens (tertiary/aromatic N) is 4. The third-order valence-corrected chi connectivity index (χ3v) is 6.02. The molecule has 0 aliphatic heterocycles. The Labute approximate surface area is 201 Å². The van der Waals surface area contributed by atoms with Crippen LogP contribution < -0.4 is 16.4 Å². The number of nitrogens with two attached hydrogens (primary N) is 1. The van der Waals surface area contributed by atoms with Crippen LogP contribution in [0, 0.1) is 5.82 Å². The summed E-state index contributed by atoms with van der Waals surface area (Å²) in [6.45, 7) is 6.06. The lowest BCUT2D eigenvalue weighted by molar-refractivity contribution is 0.262. The number of nitrogen functional groups attached to an aromatic ring is 1. The number of carbonyl (C=O) groups excluding carboxylic acids is 1. The van der Waals surface area contributed by atoms with E-state index in [1.165, 1.54) is 28.2 Å². The lowest BCUT2D eigenvalue weighted by Gasteiger charge is -2.14. The maximum atomic E-state index is 13.8. The van der Waals surface area contributed by atoms with Crippen molar-refractivity contribution in [2.45, 2.75) is 39.0 Å². The molecular formula is C24H26FN7OS. The molecule has 0 aliphatic carbocycles. The number of nitrogens with one attached hydrogen (secondary N) is 2. The monoisotopic (exact) mass is 479 g/mol. The number of carbonyl (C=O) groups is 1. The summed E-state index contributed by atoms with van der Waals surface area (Å²) in [4.78, 5) is 22.1. The van der Waals surface area contributed by atoms with Gasteiger partial charge in [0.15, 0.2) is 5.13 Å². The molecule has 3 aromatic heterocycles. The molecule has 8 nitrogen and oxygen atoms in total. The number of hydrogen-bond donors (Lipinski definition) is 3. The minimum atomic E-state index is -0.458. The molecule has 0 saturated heterocycles. The maximum absolute atomic E-state index is 13.8. The van der Waals surface area contributed by atoms with Crippen molar-refractivity contribution in [3.63, 3.8) is 0 Å². The van der Waals surface area contributed by atoms with E-state index in [-0.39, 0.29) is 11.2 Å². The minimum Gasteiger partial charge on any atom is -0.384 e. The van der Waals surface area contributed by atoms with Gasteiger partial charge in [0, 0.05) is 28.8 Å². The van der Waals surface area contributed by atoms with E-state index in [2.05, 4.69) is 25.7 Å². The van der Waals surface area contributed by atoms with E-state index in [0.717, 1.165) is 29.0 Å². The molecule has 0 radical (unpaired) electrons. The van der Waals surface area contributed by atoms with Crippen molar-refractivity contribution in [1.29, 1.82) is 0 Å². The fraction of sp³-hybridized carbons (Fsp3) is 0.250. The van der Waals surface area contributed by atoms with Crippen LogP contribution in [0.25, 0.3) is 5.69 Å². The Morgan fingerprint density at radius 2 is 1.94 bits per heavy atom. The molecule has 4 aromatic rings. The van der Waals surface area contributed by atoms with Crippen molar-refractivity contribution >= 4 is 34.1 Å². The first kappa shape index (κ1) is 23.4. The fourth-order valence-corrected chi connectivity index (χ4v) is 4.09. The average Bonchev–Trinajstić information content (AvgIpc) is 3.39. The van der Waals surface area contributed by atoms with Gasteiger partial charge in [-0.2, -0.15) is 5.10 Å². The molecule has 34 heavy (non-hydrogen) atoms. The number of pyridine rings is 1. The molecule has 4 rings (SSSR count). The van der Waals surface area contributed by atoms with Gasteiger partial charge in [0.1, 0.15) is 17.5 Å². The Hall–Kier alpha value is -3.79. The minimum absolute atomic E-state index is 0.255. The van der Waals surface area contributed by atoms with Gasteiger partial charge in [0.2, 0.25) is 0 Å². The topological polar surface area (TPSA) is 111 Å². The smallest absolute Gasteiger partial charge is 0.326 e. The SMILES string of the molecule is CC(C)(C)c1cc(NC(=O)Nc2ncc(CCc3ccnc(N)c3)s2)n(-c2cccc(F)c2)n1. The van der Waals surface area contributed by atoms with Gasteiger partial charge in [-0.15, -0.1) is 11.3 Å². The molecule has 1 aromatic carbocycles. The van der Waals surface area contributed by atoms with Crippen LogP contribution in [0.15, 0.2) is 54.9 Å². The van der Waals surface area contributed by atoms with E-state index in [0.29, 0.717) is 22.5 Å². The van der Waals surface area contributed by atoms with Gasteiger partial charge in [-0.25, -0.2) is 23.8 Å². The highest BCUT2D eigenvalue weighted by atomic mass is 32.1. The summed E-state index contributed by atoms with van der Waals surface area (Å²) in [5.41, 5.74) is 7.84. The van der Waals surface area contributed by atoms with Crippen LogP contribution in [-0.2, 0) is 18.3 Å². The molecule has 0 spiro atoms. The van der Waals surface area contributed by atoms with Crippen LogP contribution in [-0.4, -0.2) is 25.8 Å². The second kappa shape index (κ2) is 9.60. The Balaban J connectivity index is 1.45. The molecule has 0 fully saturated rings. The summed E-state index contributed by atoms with van der Waals surface area (Å²) in [6.07, 6.45) is 5.00. The van der Waals surface area contributed by atoms with E-state index >= 15 is 0 Å². The van der Waals surface area contributed by atoms with Gasteiger partial charge in [-0.3, -0.25) is 10.6 Å². The van der Waals surface area contributed by atoms with Crippen molar-refractivity contribution in [2.75, 3.05) is 16.4 Å². The van der Waals surface area contributed by atoms with Crippen molar-refractivity contribution in [3.05, 3.63) is 76.8 Å². The van der Waals surface area contributed by atoms with Crippen LogP contribution in [0.4, 0.5) is 26.0 Å². The summed E-state index contributed by atoms with van der Waals surface area (Å²) >= 11 is 1.41. The molecule has 2 amide bonds. The fourth-order valence-electron chi connectivity index (χ4n) is 3.28. The zero-order valence-electron chi connectivity index (χ0n) is 19.2. The molecule has 0 aliphatic rings. The number of benzene rings is 1. The summed E-state index contributed by atoms with van der Waals surface area (Å²) in [5.74, 6) is 0.540. The average molecular weight is 480 g/mol. The van der Waals surface area contributed by atoms with E-state index in [1.807, 2.05) is 32.9 Å². The standard InChI is InChI=1S/C24H26FN7OS/c1-24(2,3)19-13-21(32(31-19)17-6-4-5-16(25)12-17)29-22(33)30-23-28-14-18(34-23)8-7-15-9-10-27-20(26)11-15/h4-6,9-14H,7-8H2,1-3H3,(H2,26,27)(H2,28,29,30,33). The Kier molecular flexibility index (Phi) is 6.60. The maximum Gasteiger partial charge on any atom is 0.326 e. The van der Waals surface area contributed by atoms with E-state index < -0.39 is 6.03 Å². The van der Waals surface area contributed by atoms with Gasteiger partial charge in [-0.1, -0.05) is 26.8 Å². The quantitative estimate of drug-likeness (QED) is 0.353. The van der Waals surface area contributed by atoms with Crippen LogP contribution in [0.2, 0.25) is 0 Å². The number of thiazole rings is 1. The highest BCUT2D eigenvalue weighted by Crippen LogP contribution is 2.27. The first-order valence-corrected chi connectivity index (χ1v) is 11.6. The van der Waals surface area contributed by atoms with Crippen molar-refractivity contribution in [3.8, 4) is 5.69 Å². The molecule has 3 heterocycles. The number of urea groups is 1. The largest absolute Gasteiger partial charge is 0.384 e. The number of anilines is 3. The number of aryl methyl sites for hydroxylation is 2. The molecular weight excluding hydrogens is 453 g/mol. The lowest BCUT2D eigenvalue weighted by atomic mass is 9.92. The van der Waals surface area contributed by atoms with Gasteiger partial charge in [-0.05, 0) is 48.7 Å². The zero-order chi connectivity index (χ0) is 24.3. The number of aromatic nitrogens is 4. The van der Waals surface area contributed by atoms with Crippen molar-refractivity contribution < 1.29 is 9.18 Å². The number of amides is 2. The highest BCUT2D eigenvalue weighted by molar-refractivity contribution is 7.15. The molecule has 176 valence electrons. The van der Waals surface area contributed by atoms with E-state index in [1.54, 1.807) is 30.6 Å². The summed E-state index contributed by atoms with van der Waals surface area (Å²) in [6, 6.07) is 11.2. The Bertz CT molecular complexity index is 1310. The van der Waals surface area contributed by atoms with E-state index in [4.69, 9.17) is 5.73 Å². The highest BCUT2D eigenvalue weighted by Gasteiger charge is 2.22. The number of halogens is 1. The molecule has 10 heteroatoms. The normalized spacial score (nSPS) is 11.4. The van der Waals surface area contributed by atoms with E-state index in [9.17, 15) is 9.18 Å². The summed E-state index contributed by atoms with van der Waals surface area (Å²) in [5, 5.41) is 10.7. The first-order chi connectivity index (χ1) is 16.2. The predicted molar refractivity (Wildman–Crippen MR) is 133 cm³/mol. The van der Waals surface area contributed by atoms with Crippen molar-refractivity contribution in [1.82, 2.24) is 19.7 Å². The third-order valence-electron chi connectivity index (χ3n) is 5.05. The molecule has 0 unspecified atom stereocenters. The summed E-state index contributed by atoms with van der Waals surface area (Å²) < 4.78 is 15.3. The third kappa shape index (κ3) is 5.76. The van der Waals surface area contributed by atoms with Crippen molar-refractivity contribution in [2.24, 2.45) is 0 Å². The zero-order valence-corrected chi connectivity index (χ0v) is 20.0. The molecule has 4 N–H and O–H groups in total. The Morgan fingerprint density at radius 3 is 2.68 bits per heavy atom. The number of hydrogen-bond acceptors (Lipinski definition) is 6. The Morgan fingerprint density at radius 1 is 1.12 bits per heavy atom. The van der Waals surface area contributed by atoms with Crippen LogP contribution in [0.3, 0.4) is 0 Å². The molecule has 0 atom stereocenters. The van der Waals surface area contributed by atoms with Gasteiger partial charge in [0.25, 0.3) is 0 Å².